The van der Waals surface area contributed by atoms with Crippen molar-refractivity contribution in [2.24, 2.45) is 5.11 Å². The summed E-state index contributed by atoms with van der Waals surface area (Å²) in [4.78, 5) is 27.3. The first-order chi connectivity index (χ1) is 9.06. The van der Waals surface area contributed by atoms with Gasteiger partial charge in [0.2, 0.25) is 27.9 Å². The molecule has 0 unspecified atom stereocenters. The molecule has 0 radical (unpaired) electrons. The van der Waals surface area contributed by atoms with E-state index in [1.807, 2.05) is 0 Å². The first-order valence-electron chi connectivity index (χ1n) is 5.73. The number of Topliss-reactive ketones (excluding diaryl/α,β-unsaturated/α-hetero) is 2. The Bertz CT molecular complexity index is 640. The number of hydrogen-bond acceptors (Lipinski definition) is 5. The Morgan fingerprint density at radius 2 is 1.74 bits per heavy atom. The normalized spacial score (nSPS) is 14.3. The van der Waals surface area contributed by atoms with E-state index in [2.05, 4.69) is 10.0 Å². The second-order valence-electron chi connectivity index (χ2n) is 4.25. The maximum atomic E-state index is 12.3. The van der Waals surface area contributed by atoms with Gasteiger partial charge in [0.1, 0.15) is 5.53 Å². The number of nitrogens with one attached hydrogen (secondary N) is 1. The Balaban J connectivity index is 2.65. The molecule has 0 spiro atoms. The number of hydrogen-bond donors (Lipinski definition) is 1. The van der Waals surface area contributed by atoms with Crippen molar-refractivity contribution < 1.29 is 14.3 Å². The van der Waals surface area contributed by atoms with E-state index in [0.29, 0.717) is 0 Å². The number of allylic oxidation sites excluding steroid dienone is 2. The zero-order chi connectivity index (χ0) is 14.0. The maximum absolute atomic E-state index is 12.3. The summed E-state index contributed by atoms with van der Waals surface area (Å²) in [6.45, 7) is 3.47. The standard InChI is InChI=1S/C13H12N3O3/c1-7(2)19-13-10(15-16-14)11(17)8-5-3-4-6-9(8)12(13)18/h3-7,14H,1-2H3/q+1. The number of carbonyl (C=O) groups excluding carboxylic acids is 2. The lowest BCUT2D eigenvalue weighted by atomic mass is 9.91. The molecule has 96 valence electrons. The van der Waals surface area contributed by atoms with Crippen molar-refractivity contribution in [2.45, 2.75) is 20.0 Å². The second kappa shape index (κ2) is 4.96. The molecule has 0 heterocycles. The van der Waals surface area contributed by atoms with Crippen LogP contribution in [-0.2, 0) is 4.74 Å². The minimum absolute atomic E-state index is 0.144. The molecule has 0 aliphatic heterocycles. The van der Waals surface area contributed by atoms with Crippen molar-refractivity contribution in [1.82, 2.24) is 4.91 Å². The van der Waals surface area contributed by atoms with Crippen molar-refractivity contribution >= 4 is 11.6 Å². The highest BCUT2D eigenvalue weighted by Gasteiger charge is 2.36. The Hall–Kier alpha value is -2.59. The fraction of sp³-hybridized carbons (Fsp3) is 0.231. The maximum Gasteiger partial charge on any atom is 0.245 e. The first-order valence-corrected chi connectivity index (χ1v) is 5.73. The van der Waals surface area contributed by atoms with Crippen molar-refractivity contribution in [2.75, 3.05) is 0 Å². The largest absolute Gasteiger partial charge is 0.484 e. The summed E-state index contributed by atoms with van der Waals surface area (Å²) in [7, 11) is 0. The lowest BCUT2D eigenvalue weighted by Crippen LogP contribution is -2.24. The van der Waals surface area contributed by atoms with Crippen LogP contribution >= 0.6 is 0 Å². The van der Waals surface area contributed by atoms with E-state index in [-0.39, 0.29) is 28.7 Å². The minimum atomic E-state index is -0.457. The molecule has 0 saturated carbocycles. The summed E-state index contributed by atoms with van der Waals surface area (Å²) < 4.78 is 5.37. The highest BCUT2D eigenvalue weighted by atomic mass is 16.5. The van der Waals surface area contributed by atoms with E-state index in [1.54, 1.807) is 38.1 Å². The number of rotatable bonds is 3. The van der Waals surface area contributed by atoms with Crippen LogP contribution in [0.15, 0.2) is 40.8 Å². The molecule has 0 bridgehead atoms. The molecule has 0 amide bonds. The molecule has 1 N–H and O–H groups in total. The third kappa shape index (κ3) is 2.21. The molecule has 0 aromatic heterocycles. The van der Waals surface area contributed by atoms with Crippen LogP contribution in [0.3, 0.4) is 0 Å². The molecule has 1 aliphatic rings. The Morgan fingerprint density at radius 1 is 1.16 bits per heavy atom. The van der Waals surface area contributed by atoms with Gasteiger partial charge in [0, 0.05) is 11.1 Å². The topological polar surface area (TPSA) is 93.7 Å². The fourth-order valence-corrected chi connectivity index (χ4v) is 1.83. The van der Waals surface area contributed by atoms with Crippen molar-refractivity contribution in [3.63, 3.8) is 0 Å². The van der Waals surface area contributed by atoms with Gasteiger partial charge in [-0.3, -0.25) is 9.59 Å². The summed E-state index contributed by atoms with van der Waals surface area (Å²) in [5, 5.41) is 3.42. The van der Waals surface area contributed by atoms with E-state index in [9.17, 15) is 9.59 Å². The summed E-state index contributed by atoms with van der Waals surface area (Å²) in [5.74, 6) is -1.01. The number of benzene rings is 1. The highest BCUT2D eigenvalue weighted by Crippen LogP contribution is 2.28. The molecule has 1 aromatic carbocycles. The van der Waals surface area contributed by atoms with Crippen molar-refractivity contribution in [1.29, 1.82) is 5.53 Å². The quantitative estimate of drug-likeness (QED) is 0.665. The van der Waals surface area contributed by atoms with Gasteiger partial charge in [0.15, 0.2) is 5.11 Å². The predicted molar refractivity (Wildman–Crippen MR) is 65.6 cm³/mol. The molecule has 2 rings (SSSR count). The van der Waals surface area contributed by atoms with Crippen LogP contribution in [0.2, 0.25) is 0 Å². The van der Waals surface area contributed by atoms with Crippen molar-refractivity contribution in [3.8, 4) is 0 Å². The SMILES string of the molecule is CC(C)OC1=C(N=[N+]=N)C(=O)c2ccccc2C1=O. The number of carbonyl (C=O) groups is 2. The van der Waals surface area contributed by atoms with Gasteiger partial charge in [0.25, 0.3) is 0 Å². The summed E-state index contributed by atoms with van der Waals surface area (Å²) in [5.41, 5.74) is 7.08. The van der Waals surface area contributed by atoms with Gasteiger partial charge in [0.05, 0.1) is 6.10 Å². The van der Waals surface area contributed by atoms with E-state index in [1.165, 1.54) is 0 Å². The smallest absolute Gasteiger partial charge is 0.245 e. The monoisotopic (exact) mass is 258 g/mol. The molecule has 6 heteroatoms. The average Bonchev–Trinajstić information content (AvgIpc) is 2.39. The van der Waals surface area contributed by atoms with Crippen LogP contribution in [0.5, 0.6) is 0 Å². The molecular formula is C13H12N3O3+. The van der Waals surface area contributed by atoms with Crippen LogP contribution < -0.4 is 4.91 Å². The van der Waals surface area contributed by atoms with Gasteiger partial charge < -0.3 is 4.74 Å². The van der Waals surface area contributed by atoms with Crippen molar-refractivity contribution in [3.05, 3.63) is 46.8 Å². The highest BCUT2D eigenvalue weighted by molar-refractivity contribution is 6.25. The third-order valence-corrected chi connectivity index (χ3v) is 2.56. The predicted octanol–water partition coefficient (Wildman–Crippen LogP) is 2.25. The Morgan fingerprint density at radius 3 is 2.26 bits per heavy atom. The van der Waals surface area contributed by atoms with Gasteiger partial charge in [-0.05, 0) is 13.8 Å². The van der Waals surface area contributed by atoms with E-state index in [4.69, 9.17) is 10.3 Å². The molecule has 0 saturated heterocycles. The van der Waals surface area contributed by atoms with E-state index in [0.717, 1.165) is 0 Å². The zero-order valence-electron chi connectivity index (χ0n) is 10.5. The summed E-state index contributed by atoms with van der Waals surface area (Å²) in [6, 6.07) is 6.44. The van der Waals surface area contributed by atoms with Crippen LogP contribution in [-0.4, -0.2) is 17.7 Å². The van der Waals surface area contributed by atoms with Gasteiger partial charge in [-0.25, -0.2) is 0 Å². The summed E-state index contributed by atoms with van der Waals surface area (Å²) >= 11 is 0. The lowest BCUT2D eigenvalue weighted by Gasteiger charge is -2.18. The molecule has 6 nitrogen and oxygen atoms in total. The number of ketones is 2. The van der Waals surface area contributed by atoms with Crippen LogP contribution in [0.1, 0.15) is 34.6 Å². The summed E-state index contributed by atoms with van der Waals surface area (Å²) in [6.07, 6.45) is -0.284. The van der Waals surface area contributed by atoms with Gasteiger partial charge in [-0.2, -0.15) is 0 Å². The average molecular weight is 258 g/mol. The molecule has 19 heavy (non-hydrogen) atoms. The van der Waals surface area contributed by atoms with Gasteiger partial charge in [-0.15, -0.1) is 0 Å². The minimum Gasteiger partial charge on any atom is -0.484 e. The first kappa shape index (κ1) is 12.9. The van der Waals surface area contributed by atoms with Crippen LogP contribution in [0.4, 0.5) is 0 Å². The van der Waals surface area contributed by atoms with E-state index < -0.39 is 11.6 Å². The van der Waals surface area contributed by atoms with Gasteiger partial charge >= 0.3 is 0 Å². The molecule has 0 atom stereocenters. The Labute approximate surface area is 109 Å². The molecule has 1 aliphatic carbocycles. The number of fused-ring (bicyclic) bond motifs is 1. The molecule has 1 aromatic rings. The molecular weight excluding hydrogens is 246 g/mol. The second-order valence-corrected chi connectivity index (χ2v) is 4.25. The van der Waals surface area contributed by atoms with E-state index >= 15 is 0 Å². The van der Waals surface area contributed by atoms with Gasteiger partial charge in [-0.1, -0.05) is 24.3 Å². The molecule has 0 fully saturated rings. The number of nitrogens with zero attached hydrogens (tertiary/aromatic N) is 2. The van der Waals surface area contributed by atoms with Crippen LogP contribution in [0.25, 0.3) is 0 Å². The zero-order valence-corrected chi connectivity index (χ0v) is 10.5. The fourth-order valence-electron chi connectivity index (χ4n) is 1.83. The third-order valence-electron chi connectivity index (χ3n) is 2.56. The Kier molecular flexibility index (Phi) is 3.35. The lowest BCUT2D eigenvalue weighted by molar-refractivity contribution is 0.0795. The van der Waals surface area contributed by atoms with Crippen LogP contribution in [0, 0.1) is 5.53 Å². The number of ether oxygens (including phenoxy) is 1.